The van der Waals surface area contributed by atoms with E-state index in [2.05, 4.69) is 11.9 Å². The van der Waals surface area contributed by atoms with Gasteiger partial charge in [-0.2, -0.15) is 0 Å². The van der Waals surface area contributed by atoms with Gasteiger partial charge in [0.05, 0.1) is 19.1 Å². The van der Waals surface area contributed by atoms with Crippen molar-refractivity contribution in [3.63, 3.8) is 0 Å². The van der Waals surface area contributed by atoms with E-state index in [1.165, 1.54) is 0 Å². The van der Waals surface area contributed by atoms with E-state index in [1.54, 1.807) is 0 Å². The van der Waals surface area contributed by atoms with Crippen molar-refractivity contribution >= 4 is 17.9 Å². The number of nitrogens with one attached hydrogen (secondary N) is 1. The van der Waals surface area contributed by atoms with E-state index in [4.69, 9.17) is 9.47 Å². The van der Waals surface area contributed by atoms with Crippen LogP contribution in [0.1, 0.15) is 26.7 Å². The zero-order valence-corrected chi connectivity index (χ0v) is 16.1. The number of alkyl carbamates (subject to hydrolysis) is 1. The van der Waals surface area contributed by atoms with Crippen LogP contribution in [0.25, 0.3) is 0 Å². The summed E-state index contributed by atoms with van der Waals surface area (Å²) in [4.78, 5) is 40.3. The van der Waals surface area contributed by atoms with Crippen LogP contribution in [-0.4, -0.2) is 79.2 Å². The quantitative estimate of drug-likeness (QED) is 0.689. The number of carbonyl (C=O) groups is 3. The number of ether oxygens (including phenoxy) is 2. The van der Waals surface area contributed by atoms with Crippen molar-refractivity contribution in [2.24, 2.45) is 11.8 Å². The van der Waals surface area contributed by atoms with Crippen LogP contribution in [0, 0.1) is 11.8 Å². The molecule has 3 rings (SSSR count). The fourth-order valence-electron chi connectivity index (χ4n) is 4.17. The summed E-state index contributed by atoms with van der Waals surface area (Å²) < 4.78 is 10.4. The van der Waals surface area contributed by atoms with Crippen molar-refractivity contribution in [2.45, 2.75) is 38.8 Å². The van der Waals surface area contributed by atoms with E-state index < -0.39 is 12.1 Å². The third-order valence-corrected chi connectivity index (χ3v) is 5.66. The number of hydrogen-bond acceptors (Lipinski definition) is 5. The van der Waals surface area contributed by atoms with E-state index in [0.717, 1.165) is 5.57 Å². The molecule has 1 unspecified atom stereocenters. The second-order valence-electron chi connectivity index (χ2n) is 7.68. The third kappa shape index (κ3) is 4.43. The number of fused-ring (bicyclic) bond motifs is 1. The predicted octanol–water partition coefficient (Wildman–Crippen LogP) is 0.773. The Hall–Kier alpha value is -2.09. The molecule has 0 saturated carbocycles. The van der Waals surface area contributed by atoms with Crippen LogP contribution in [0.2, 0.25) is 0 Å². The second-order valence-corrected chi connectivity index (χ2v) is 7.68. The Labute approximate surface area is 159 Å². The zero-order chi connectivity index (χ0) is 19.6. The maximum absolute atomic E-state index is 12.6. The normalized spacial score (nSPS) is 28.4. The van der Waals surface area contributed by atoms with E-state index in [1.807, 2.05) is 23.6 Å². The Morgan fingerprint density at radius 2 is 1.89 bits per heavy atom. The average Bonchev–Trinajstić information content (AvgIpc) is 3.19. The van der Waals surface area contributed by atoms with Gasteiger partial charge in [0.25, 0.3) is 0 Å². The average molecular weight is 379 g/mol. The Bertz CT molecular complexity index is 608. The molecule has 0 radical (unpaired) electrons. The molecule has 0 bridgehead atoms. The summed E-state index contributed by atoms with van der Waals surface area (Å²) in [6.07, 6.45) is 0.0513. The number of amides is 3. The molecule has 3 fully saturated rings. The van der Waals surface area contributed by atoms with Gasteiger partial charge < -0.3 is 24.6 Å². The van der Waals surface area contributed by atoms with Crippen LogP contribution in [0.3, 0.4) is 0 Å². The molecule has 3 saturated heterocycles. The third-order valence-electron chi connectivity index (χ3n) is 5.66. The first-order valence-electron chi connectivity index (χ1n) is 9.65. The molecule has 8 heteroatoms. The molecule has 3 aliphatic heterocycles. The molecule has 0 spiro atoms. The monoisotopic (exact) mass is 379 g/mol. The van der Waals surface area contributed by atoms with Crippen molar-refractivity contribution in [1.82, 2.24) is 15.1 Å². The van der Waals surface area contributed by atoms with Gasteiger partial charge >= 0.3 is 6.09 Å². The molecule has 3 amide bonds. The smallest absolute Gasteiger partial charge is 0.407 e. The maximum atomic E-state index is 12.6. The second kappa shape index (κ2) is 8.29. The van der Waals surface area contributed by atoms with Gasteiger partial charge in [-0.1, -0.05) is 12.2 Å². The molecule has 0 aliphatic carbocycles. The first kappa shape index (κ1) is 19.7. The summed E-state index contributed by atoms with van der Waals surface area (Å²) in [5, 5.41) is 2.59. The minimum atomic E-state index is -0.530. The Balaban J connectivity index is 1.50. The summed E-state index contributed by atoms with van der Waals surface area (Å²) >= 11 is 0. The van der Waals surface area contributed by atoms with Gasteiger partial charge in [0, 0.05) is 51.0 Å². The van der Waals surface area contributed by atoms with Crippen LogP contribution < -0.4 is 5.32 Å². The van der Waals surface area contributed by atoms with E-state index >= 15 is 0 Å². The van der Waals surface area contributed by atoms with Gasteiger partial charge in [0.1, 0.15) is 6.04 Å². The van der Waals surface area contributed by atoms with Crippen LogP contribution >= 0.6 is 0 Å². The first-order chi connectivity index (χ1) is 12.9. The molecule has 0 aromatic heterocycles. The van der Waals surface area contributed by atoms with Gasteiger partial charge in [-0.15, -0.1) is 0 Å². The fourth-order valence-corrected chi connectivity index (χ4v) is 4.17. The Kier molecular flexibility index (Phi) is 6.04. The fraction of sp³-hybridized carbons (Fsp3) is 0.737. The summed E-state index contributed by atoms with van der Waals surface area (Å²) in [5.41, 5.74) is 0.861. The highest BCUT2D eigenvalue weighted by Crippen LogP contribution is 2.32. The van der Waals surface area contributed by atoms with Crippen molar-refractivity contribution in [2.75, 3.05) is 39.4 Å². The van der Waals surface area contributed by atoms with Crippen LogP contribution in [0.5, 0.6) is 0 Å². The van der Waals surface area contributed by atoms with E-state index in [9.17, 15) is 14.4 Å². The molecule has 150 valence electrons. The largest absolute Gasteiger partial charge is 0.449 e. The van der Waals surface area contributed by atoms with Crippen molar-refractivity contribution in [1.29, 1.82) is 0 Å². The zero-order valence-electron chi connectivity index (χ0n) is 16.1. The Morgan fingerprint density at radius 1 is 1.26 bits per heavy atom. The van der Waals surface area contributed by atoms with E-state index in [0.29, 0.717) is 57.5 Å². The molecule has 4 atom stereocenters. The summed E-state index contributed by atoms with van der Waals surface area (Å²) in [5.74, 6) is 0.630. The topological polar surface area (TPSA) is 88.2 Å². The van der Waals surface area contributed by atoms with Gasteiger partial charge in [0.2, 0.25) is 11.8 Å². The number of cyclic esters (lactones) is 1. The molecule has 0 aromatic carbocycles. The van der Waals surface area contributed by atoms with E-state index in [-0.39, 0.29) is 24.5 Å². The molecule has 3 heterocycles. The standard InChI is InChI=1S/C19H29N3O5/c1-4-26-16(12(2)3)7-17(23)21-8-13-10-22(11-14(13)9-21)18(24)15-5-6-27-19(25)20-15/h13-16H,2,4-11H2,1,3H3,(H,20,25)/t13-,14+,15-,16?/m0/s1. The SMILES string of the molecule is C=C(C)C(CC(=O)N1C[C@@H]2CN(C(=O)[C@@H]3CCOC(=O)N3)C[C@@H]2C1)OCC. The summed E-state index contributed by atoms with van der Waals surface area (Å²) in [7, 11) is 0. The molecule has 1 N–H and O–H groups in total. The predicted molar refractivity (Wildman–Crippen MR) is 97.9 cm³/mol. The van der Waals surface area contributed by atoms with Crippen LogP contribution in [0.15, 0.2) is 12.2 Å². The molecule has 27 heavy (non-hydrogen) atoms. The van der Waals surface area contributed by atoms with Crippen LogP contribution in [0.4, 0.5) is 4.79 Å². The first-order valence-corrected chi connectivity index (χ1v) is 9.65. The van der Waals surface area contributed by atoms with Crippen molar-refractivity contribution < 1.29 is 23.9 Å². The van der Waals surface area contributed by atoms with Gasteiger partial charge in [0.15, 0.2) is 0 Å². The number of hydrogen-bond donors (Lipinski definition) is 1. The number of carbonyl (C=O) groups excluding carboxylic acids is 3. The Morgan fingerprint density at radius 3 is 2.44 bits per heavy atom. The minimum Gasteiger partial charge on any atom is -0.449 e. The van der Waals surface area contributed by atoms with Gasteiger partial charge in [-0.05, 0) is 13.8 Å². The summed E-state index contributed by atoms with van der Waals surface area (Å²) in [6.45, 7) is 11.1. The van der Waals surface area contributed by atoms with Crippen molar-refractivity contribution in [3.8, 4) is 0 Å². The molecular formula is C19H29N3O5. The minimum absolute atomic E-state index is 0.0439. The number of likely N-dealkylation sites (tertiary alicyclic amines) is 2. The molecular weight excluding hydrogens is 350 g/mol. The molecule has 8 nitrogen and oxygen atoms in total. The lowest BCUT2D eigenvalue weighted by Gasteiger charge is -2.28. The maximum Gasteiger partial charge on any atom is 0.407 e. The lowest BCUT2D eigenvalue weighted by Crippen LogP contribution is -2.52. The highest BCUT2D eigenvalue weighted by atomic mass is 16.6. The summed E-state index contributed by atoms with van der Waals surface area (Å²) in [6, 6.07) is -0.495. The van der Waals surface area contributed by atoms with Crippen molar-refractivity contribution in [3.05, 3.63) is 12.2 Å². The highest BCUT2D eigenvalue weighted by Gasteiger charge is 2.44. The lowest BCUT2D eigenvalue weighted by molar-refractivity contribution is -0.134. The number of rotatable bonds is 6. The lowest BCUT2D eigenvalue weighted by atomic mass is 10.0. The number of nitrogens with zero attached hydrogens (tertiary/aromatic N) is 2. The van der Waals surface area contributed by atoms with Gasteiger partial charge in [-0.25, -0.2) is 4.79 Å². The molecule has 0 aromatic rings. The van der Waals surface area contributed by atoms with Crippen LogP contribution in [-0.2, 0) is 19.1 Å². The molecule has 3 aliphatic rings. The highest BCUT2D eigenvalue weighted by molar-refractivity contribution is 5.86. The van der Waals surface area contributed by atoms with Gasteiger partial charge in [-0.3, -0.25) is 9.59 Å².